The van der Waals surface area contributed by atoms with E-state index in [-0.39, 0.29) is 18.7 Å². The number of ether oxygens (including phenoxy) is 6. The van der Waals surface area contributed by atoms with Crippen LogP contribution in [-0.4, -0.2) is 145 Å². The molecule has 64 heavy (non-hydrogen) atoms. The SMILES string of the molecule is C=NOCCOCCOCCNC=O.CC.COCc1ccc(OC2CC(O)CC(C(=O)O)O2)c(C)c1.COc1ccc(C=O)c2c(C(=O)N(C)CCNC=O)c3ccccc3cc12. The molecule has 4 N–H and O–H groups in total. The lowest BCUT2D eigenvalue weighted by molar-refractivity contribution is -0.195. The third kappa shape index (κ3) is 17.5. The number of aliphatic carboxylic acids is 1. The summed E-state index contributed by atoms with van der Waals surface area (Å²) in [4.78, 5) is 62.4. The molecule has 3 unspecified atom stereocenters. The van der Waals surface area contributed by atoms with E-state index in [4.69, 9.17) is 33.5 Å². The zero-order valence-electron chi connectivity index (χ0n) is 37.4. The van der Waals surface area contributed by atoms with Gasteiger partial charge in [-0.25, -0.2) is 4.79 Å². The molecule has 0 radical (unpaired) electrons. The molecule has 0 aromatic heterocycles. The van der Waals surface area contributed by atoms with E-state index in [1.165, 1.54) is 4.90 Å². The van der Waals surface area contributed by atoms with Gasteiger partial charge in [-0.05, 0) is 53.1 Å². The maximum Gasteiger partial charge on any atom is 0.333 e. The Hall–Kier alpha value is -6.18. The van der Waals surface area contributed by atoms with Gasteiger partial charge in [0, 0.05) is 69.7 Å². The van der Waals surface area contributed by atoms with Crippen molar-refractivity contribution in [1.82, 2.24) is 15.5 Å². The summed E-state index contributed by atoms with van der Waals surface area (Å²) in [6, 6.07) is 18.5. The lowest BCUT2D eigenvalue weighted by atomic mass is 9.92. The minimum Gasteiger partial charge on any atom is -0.496 e. The van der Waals surface area contributed by atoms with Crippen molar-refractivity contribution in [2.24, 2.45) is 5.16 Å². The van der Waals surface area contributed by atoms with E-state index in [0.717, 1.165) is 28.2 Å². The summed E-state index contributed by atoms with van der Waals surface area (Å²) in [5, 5.41) is 29.9. The van der Waals surface area contributed by atoms with Crippen LogP contribution in [0, 0.1) is 6.92 Å². The number of carboxylic acid groups (broad SMARTS) is 1. The number of carboxylic acids is 1. The second kappa shape index (κ2) is 30.8. The molecule has 0 bridgehead atoms. The molecule has 18 nitrogen and oxygen atoms in total. The fourth-order valence-corrected chi connectivity index (χ4v) is 6.27. The molecule has 4 aromatic carbocycles. The molecule has 0 saturated carbocycles. The normalized spacial score (nSPS) is 15.0. The summed E-state index contributed by atoms with van der Waals surface area (Å²) in [5.41, 5.74) is 2.81. The molecule has 1 aliphatic rings. The van der Waals surface area contributed by atoms with Gasteiger partial charge in [0.05, 0.1) is 51.8 Å². The number of aliphatic hydroxyl groups is 1. The fourth-order valence-electron chi connectivity index (χ4n) is 6.27. The van der Waals surface area contributed by atoms with Gasteiger partial charge >= 0.3 is 5.97 Å². The molecule has 0 spiro atoms. The van der Waals surface area contributed by atoms with Crippen LogP contribution >= 0.6 is 0 Å². The molecule has 3 atom stereocenters. The molecule has 5 rings (SSSR count). The number of benzene rings is 4. The first kappa shape index (κ1) is 54.0. The number of aliphatic hydroxyl groups excluding tert-OH is 1. The van der Waals surface area contributed by atoms with Gasteiger partial charge in [-0.2, -0.15) is 0 Å². The highest BCUT2D eigenvalue weighted by molar-refractivity contribution is 6.22. The van der Waals surface area contributed by atoms with E-state index in [0.29, 0.717) is 105 Å². The first-order valence-corrected chi connectivity index (χ1v) is 20.6. The van der Waals surface area contributed by atoms with Crippen molar-refractivity contribution >= 4 is 59.2 Å². The number of aldehydes is 1. The van der Waals surface area contributed by atoms with Crippen LogP contribution < -0.4 is 20.1 Å². The van der Waals surface area contributed by atoms with E-state index in [2.05, 4.69) is 27.3 Å². The van der Waals surface area contributed by atoms with Crippen LogP contribution in [0.25, 0.3) is 21.5 Å². The second-order valence-corrected chi connectivity index (χ2v) is 13.6. The lowest BCUT2D eigenvalue weighted by Crippen LogP contribution is -2.42. The molecule has 1 aliphatic heterocycles. The van der Waals surface area contributed by atoms with Gasteiger partial charge in [-0.1, -0.05) is 50.2 Å². The van der Waals surface area contributed by atoms with Crippen LogP contribution in [0.1, 0.15) is 58.5 Å². The van der Waals surface area contributed by atoms with Crippen LogP contribution in [0.3, 0.4) is 0 Å². The van der Waals surface area contributed by atoms with Gasteiger partial charge in [0.1, 0.15) is 18.1 Å². The second-order valence-electron chi connectivity index (χ2n) is 13.6. The van der Waals surface area contributed by atoms with E-state index in [1.54, 1.807) is 39.5 Å². The predicted molar refractivity (Wildman–Crippen MR) is 241 cm³/mol. The summed E-state index contributed by atoms with van der Waals surface area (Å²) < 4.78 is 31.8. The van der Waals surface area contributed by atoms with Crippen LogP contribution in [0.15, 0.2) is 65.8 Å². The summed E-state index contributed by atoms with van der Waals surface area (Å²) in [6.07, 6.45) is -0.210. The topological polar surface area (TPSA) is 230 Å². The highest BCUT2D eigenvalue weighted by Crippen LogP contribution is 2.36. The molecule has 4 aromatic rings. The summed E-state index contributed by atoms with van der Waals surface area (Å²) in [7, 11) is 4.86. The summed E-state index contributed by atoms with van der Waals surface area (Å²) in [6.45, 7) is 13.1. The molecular formula is C46H62N4O14. The third-order valence-electron chi connectivity index (χ3n) is 9.21. The van der Waals surface area contributed by atoms with Crippen molar-refractivity contribution in [2.45, 2.75) is 58.7 Å². The van der Waals surface area contributed by atoms with Crippen molar-refractivity contribution in [3.63, 3.8) is 0 Å². The van der Waals surface area contributed by atoms with E-state index < -0.39 is 24.5 Å². The maximum atomic E-state index is 13.3. The first-order chi connectivity index (χ1) is 31.0. The maximum absolute atomic E-state index is 13.3. The summed E-state index contributed by atoms with van der Waals surface area (Å²) >= 11 is 0. The molecule has 0 aliphatic carbocycles. The van der Waals surface area contributed by atoms with Gasteiger partial charge in [0.25, 0.3) is 5.91 Å². The number of nitrogens with one attached hydrogen (secondary N) is 2. The molecule has 1 saturated heterocycles. The van der Waals surface area contributed by atoms with Crippen LogP contribution in [0.5, 0.6) is 11.5 Å². The number of carbonyl (C=O) groups is 5. The number of aryl methyl sites for hydroxylation is 1. The van der Waals surface area contributed by atoms with Crippen molar-refractivity contribution in [1.29, 1.82) is 0 Å². The predicted octanol–water partition coefficient (Wildman–Crippen LogP) is 4.53. The standard InChI is InChI=1S/C21H20N2O4.C15H20O6.C8H16N2O4.C2H6/c1-23(10-9-22-13-25)21(26)20-16-6-4-3-5-14(16)11-17-18(27-2)8-7-15(12-24)19(17)20;1-9-5-10(8-19-2)3-4-12(9)20-14-7-11(16)6-13(21-14)15(17)18;1-9-14-7-6-13-5-4-12-3-2-10-8-11;1-2/h3-8,11-13H,9-10H2,1-2H3,(H,22,25);3-5,11,13-14,16H,6-8H2,1-2H3,(H,17,18);8H,1-7H2,(H,10,11);1-2H3. The number of methoxy groups -OCH3 is 2. The molecule has 350 valence electrons. The minimum atomic E-state index is -1.09. The van der Waals surface area contributed by atoms with Gasteiger partial charge < -0.3 is 59.0 Å². The van der Waals surface area contributed by atoms with E-state index in [1.807, 2.05) is 63.2 Å². The van der Waals surface area contributed by atoms with Gasteiger partial charge in [-0.3, -0.25) is 19.2 Å². The lowest BCUT2D eigenvalue weighted by Gasteiger charge is -2.31. The zero-order chi connectivity index (χ0) is 47.3. The van der Waals surface area contributed by atoms with Crippen molar-refractivity contribution in [2.75, 3.05) is 73.9 Å². The number of hydrogen-bond acceptors (Lipinski definition) is 14. The molecule has 3 amide bonds. The molecular weight excluding hydrogens is 833 g/mol. The number of rotatable bonds is 23. The Labute approximate surface area is 373 Å². The van der Waals surface area contributed by atoms with Crippen LogP contribution in [0.2, 0.25) is 0 Å². The Kier molecular flexibility index (Phi) is 26.0. The quantitative estimate of drug-likeness (QED) is 0.0264. The highest BCUT2D eigenvalue weighted by atomic mass is 16.7. The average molecular weight is 895 g/mol. The van der Waals surface area contributed by atoms with Crippen molar-refractivity contribution < 1.29 is 67.4 Å². The Morgan fingerprint density at radius 1 is 0.891 bits per heavy atom. The number of carbonyl (C=O) groups excluding carboxylic acids is 4. The number of fused-ring (bicyclic) bond motifs is 2. The summed E-state index contributed by atoms with van der Waals surface area (Å²) in [5.74, 6) is -0.103. The Morgan fingerprint density at radius 3 is 2.20 bits per heavy atom. The van der Waals surface area contributed by atoms with Crippen molar-refractivity contribution in [3.05, 3.63) is 82.9 Å². The van der Waals surface area contributed by atoms with Gasteiger partial charge in [-0.15, -0.1) is 5.16 Å². The number of likely N-dealkylation sites (N-methyl/N-ethyl adjacent to an activating group) is 1. The van der Waals surface area contributed by atoms with E-state index in [9.17, 15) is 29.1 Å². The van der Waals surface area contributed by atoms with Gasteiger partial charge in [0.2, 0.25) is 19.1 Å². The Morgan fingerprint density at radius 2 is 1.56 bits per heavy atom. The first-order valence-electron chi connectivity index (χ1n) is 20.6. The smallest absolute Gasteiger partial charge is 0.333 e. The molecule has 1 heterocycles. The number of amides is 3. The highest BCUT2D eigenvalue weighted by Gasteiger charge is 2.34. The van der Waals surface area contributed by atoms with Gasteiger partial charge in [0.15, 0.2) is 12.4 Å². The minimum absolute atomic E-state index is 0.0843. The van der Waals surface area contributed by atoms with Crippen molar-refractivity contribution in [3.8, 4) is 11.5 Å². The number of oxime groups is 1. The molecule has 18 heteroatoms. The van der Waals surface area contributed by atoms with Crippen LogP contribution in [-0.2, 0) is 44.8 Å². The monoisotopic (exact) mass is 894 g/mol. The third-order valence-corrected chi connectivity index (χ3v) is 9.21. The zero-order valence-corrected chi connectivity index (χ0v) is 37.4. The Bertz CT molecular complexity index is 2050. The average Bonchev–Trinajstić information content (AvgIpc) is 3.30. The Balaban J connectivity index is 0.000000341. The number of nitrogens with zero attached hydrogens (tertiary/aromatic N) is 2. The number of hydrogen-bond donors (Lipinski definition) is 4. The molecule has 1 fully saturated rings. The van der Waals surface area contributed by atoms with Crippen LogP contribution in [0.4, 0.5) is 0 Å². The fraction of sp³-hybridized carbons (Fsp3) is 0.435. The largest absolute Gasteiger partial charge is 0.496 e. The van der Waals surface area contributed by atoms with E-state index >= 15 is 0 Å².